The van der Waals surface area contributed by atoms with E-state index in [-0.39, 0.29) is 17.5 Å². The Balaban J connectivity index is 1.60. The summed E-state index contributed by atoms with van der Waals surface area (Å²) in [5.41, 5.74) is -1.92. The van der Waals surface area contributed by atoms with Crippen molar-refractivity contribution in [3.8, 4) is 5.69 Å². The molecular formula is C19H18F3N3O3. The third-order valence-corrected chi connectivity index (χ3v) is 5.59. The molecule has 1 amide bonds. The number of anilines is 1. The Hall–Kier alpha value is -2.84. The van der Waals surface area contributed by atoms with Gasteiger partial charge in [0.15, 0.2) is 5.69 Å². The van der Waals surface area contributed by atoms with E-state index in [0.717, 1.165) is 25.7 Å². The molecule has 2 saturated carbocycles. The number of hydrogen-bond acceptors (Lipinski definition) is 3. The second kappa shape index (κ2) is 6.65. The lowest BCUT2D eigenvalue weighted by Gasteiger charge is -2.13. The molecule has 0 radical (unpaired) electrons. The average molecular weight is 393 g/mol. The number of nitrogens with one attached hydrogen (secondary N) is 1. The molecule has 2 aliphatic rings. The summed E-state index contributed by atoms with van der Waals surface area (Å²) in [5.74, 6) is -1.02. The molecule has 28 heavy (non-hydrogen) atoms. The highest BCUT2D eigenvalue weighted by atomic mass is 19.4. The van der Waals surface area contributed by atoms with Gasteiger partial charge in [-0.3, -0.25) is 4.79 Å². The first-order valence-electron chi connectivity index (χ1n) is 9.07. The van der Waals surface area contributed by atoms with Crippen LogP contribution in [-0.2, 0) is 11.0 Å². The number of rotatable bonds is 4. The van der Waals surface area contributed by atoms with Crippen LogP contribution < -0.4 is 5.32 Å². The Kier molecular flexibility index (Phi) is 4.40. The van der Waals surface area contributed by atoms with Gasteiger partial charge in [-0.1, -0.05) is 18.9 Å². The van der Waals surface area contributed by atoms with Gasteiger partial charge in [0.25, 0.3) is 0 Å². The van der Waals surface area contributed by atoms with Crippen LogP contribution in [0.15, 0.2) is 30.5 Å². The predicted molar refractivity (Wildman–Crippen MR) is 93.1 cm³/mol. The van der Waals surface area contributed by atoms with Gasteiger partial charge in [0.1, 0.15) is 5.56 Å². The van der Waals surface area contributed by atoms with Crippen molar-refractivity contribution in [3.63, 3.8) is 0 Å². The molecule has 2 aliphatic carbocycles. The highest BCUT2D eigenvalue weighted by Gasteiger charge is 2.54. The summed E-state index contributed by atoms with van der Waals surface area (Å²) in [6.07, 6.45) is 0.127. The molecule has 0 bridgehead atoms. The van der Waals surface area contributed by atoms with E-state index in [1.54, 1.807) is 6.07 Å². The van der Waals surface area contributed by atoms with Crippen LogP contribution in [0, 0.1) is 17.8 Å². The first-order valence-corrected chi connectivity index (χ1v) is 9.07. The van der Waals surface area contributed by atoms with Crippen LogP contribution in [0.4, 0.5) is 18.9 Å². The number of nitrogens with zero attached hydrogens (tertiary/aromatic N) is 2. The topological polar surface area (TPSA) is 84.2 Å². The molecule has 148 valence electrons. The molecule has 1 aromatic carbocycles. The van der Waals surface area contributed by atoms with Crippen LogP contribution in [0.1, 0.15) is 41.7 Å². The Morgan fingerprint density at radius 3 is 2.46 bits per heavy atom. The summed E-state index contributed by atoms with van der Waals surface area (Å²) in [7, 11) is 0. The standard InChI is InChI=1S/C19H18F3N3O3/c20-19(21,22)16-14(18(27)28)9-23-25(16)11-5-3-4-10(8-11)24-17(26)15-12-6-1-2-7-13(12)15/h3-5,8-9,12-13,15H,1-2,6-7H2,(H,24,26)(H,27,28). The van der Waals surface area contributed by atoms with Crippen molar-refractivity contribution in [3.05, 3.63) is 41.7 Å². The molecule has 1 heterocycles. The molecule has 2 fully saturated rings. The van der Waals surface area contributed by atoms with Gasteiger partial charge in [-0.25, -0.2) is 9.48 Å². The molecule has 2 aromatic rings. The van der Waals surface area contributed by atoms with Crippen LogP contribution in [0.2, 0.25) is 0 Å². The normalized spacial score (nSPS) is 23.8. The van der Waals surface area contributed by atoms with E-state index < -0.39 is 23.4 Å². The smallest absolute Gasteiger partial charge is 0.434 e. The van der Waals surface area contributed by atoms with Crippen molar-refractivity contribution in [1.29, 1.82) is 0 Å². The van der Waals surface area contributed by atoms with Crippen molar-refractivity contribution >= 4 is 17.6 Å². The van der Waals surface area contributed by atoms with Crippen molar-refractivity contribution in [2.75, 3.05) is 5.32 Å². The molecule has 6 nitrogen and oxygen atoms in total. The molecule has 1 aromatic heterocycles. The fourth-order valence-corrected chi connectivity index (χ4v) is 4.30. The maximum Gasteiger partial charge on any atom is 0.434 e. The molecule has 0 spiro atoms. The van der Waals surface area contributed by atoms with Gasteiger partial charge >= 0.3 is 12.1 Å². The number of carboxylic acid groups (broad SMARTS) is 1. The third kappa shape index (κ3) is 3.25. The molecule has 2 atom stereocenters. The van der Waals surface area contributed by atoms with E-state index in [4.69, 9.17) is 5.11 Å². The minimum Gasteiger partial charge on any atom is -0.478 e. The zero-order chi connectivity index (χ0) is 20.1. The summed E-state index contributed by atoms with van der Waals surface area (Å²) in [5, 5.41) is 15.4. The maximum absolute atomic E-state index is 13.4. The number of carbonyl (C=O) groups excluding carboxylic acids is 1. The van der Waals surface area contributed by atoms with Crippen LogP contribution in [0.3, 0.4) is 0 Å². The van der Waals surface area contributed by atoms with Crippen molar-refractivity contribution in [2.24, 2.45) is 17.8 Å². The zero-order valence-corrected chi connectivity index (χ0v) is 14.7. The Morgan fingerprint density at radius 1 is 1.18 bits per heavy atom. The number of alkyl halides is 3. The van der Waals surface area contributed by atoms with E-state index in [9.17, 15) is 22.8 Å². The number of aromatic nitrogens is 2. The summed E-state index contributed by atoms with van der Waals surface area (Å²) >= 11 is 0. The van der Waals surface area contributed by atoms with Gasteiger partial charge < -0.3 is 10.4 Å². The quantitative estimate of drug-likeness (QED) is 0.824. The first kappa shape index (κ1) is 18.5. The molecular weight excluding hydrogens is 375 g/mol. The number of carboxylic acids is 1. The summed E-state index contributed by atoms with van der Waals surface area (Å²) in [4.78, 5) is 23.6. The highest BCUT2D eigenvalue weighted by Crippen LogP contribution is 2.55. The molecule has 0 aliphatic heterocycles. The lowest BCUT2D eigenvalue weighted by atomic mass is 10.0. The van der Waals surface area contributed by atoms with Crippen molar-refractivity contribution < 1.29 is 27.9 Å². The first-order chi connectivity index (χ1) is 13.3. The van der Waals surface area contributed by atoms with Gasteiger partial charge in [0.05, 0.1) is 11.9 Å². The molecule has 4 rings (SSSR count). The average Bonchev–Trinajstić information content (AvgIpc) is 3.17. The van der Waals surface area contributed by atoms with E-state index >= 15 is 0 Å². The summed E-state index contributed by atoms with van der Waals surface area (Å²) in [6.45, 7) is 0. The van der Waals surface area contributed by atoms with E-state index in [1.807, 2.05) is 0 Å². The van der Waals surface area contributed by atoms with Crippen LogP contribution >= 0.6 is 0 Å². The molecule has 9 heteroatoms. The second-order valence-electron chi connectivity index (χ2n) is 7.30. The Morgan fingerprint density at radius 2 is 1.86 bits per heavy atom. The Bertz CT molecular complexity index is 926. The molecule has 2 unspecified atom stereocenters. The number of fused-ring (bicyclic) bond motifs is 1. The van der Waals surface area contributed by atoms with Crippen LogP contribution in [0.5, 0.6) is 0 Å². The van der Waals surface area contributed by atoms with Gasteiger partial charge in [-0.2, -0.15) is 18.3 Å². The van der Waals surface area contributed by atoms with E-state index in [2.05, 4.69) is 10.4 Å². The number of amides is 1. The fourth-order valence-electron chi connectivity index (χ4n) is 4.30. The SMILES string of the molecule is O=C(O)c1cnn(-c2cccc(NC(=O)C3C4CCCCC43)c2)c1C(F)(F)F. The van der Waals surface area contributed by atoms with Crippen molar-refractivity contribution in [1.82, 2.24) is 9.78 Å². The number of halogens is 3. The van der Waals surface area contributed by atoms with Gasteiger partial charge in [0, 0.05) is 11.6 Å². The summed E-state index contributed by atoms with van der Waals surface area (Å²) in [6, 6.07) is 5.81. The van der Waals surface area contributed by atoms with Gasteiger partial charge in [-0.05, 0) is 42.9 Å². The zero-order valence-electron chi connectivity index (χ0n) is 14.7. The fraction of sp³-hybridized carbons (Fsp3) is 0.421. The second-order valence-corrected chi connectivity index (χ2v) is 7.30. The lowest BCUT2D eigenvalue weighted by Crippen LogP contribution is -2.18. The predicted octanol–water partition coefficient (Wildman–Crippen LogP) is 3.96. The van der Waals surface area contributed by atoms with Gasteiger partial charge in [0.2, 0.25) is 5.91 Å². The lowest BCUT2D eigenvalue weighted by molar-refractivity contribution is -0.143. The highest BCUT2D eigenvalue weighted by molar-refractivity contribution is 5.95. The molecule has 0 saturated heterocycles. The maximum atomic E-state index is 13.4. The monoisotopic (exact) mass is 393 g/mol. The third-order valence-electron chi connectivity index (χ3n) is 5.59. The van der Waals surface area contributed by atoms with E-state index in [1.165, 1.54) is 18.2 Å². The Labute approximate surface area is 158 Å². The largest absolute Gasteiger partial charge is 0.478 e. The number of aromatic carboxylic acids is 1. The number of benzene rings is 1. The molecule has 2 N–H and O–H groups in total. The number of carbonyl (C=O) groups is 2. The van der Waals surface area contributed by atoms with Gasteiger partial charge in [-0.15, -0.1) is 0 Å². The van der Waals surface area contributed by atoms with Crippen LogP contribution in [0.25, 0.3) is 5.69 Å². The minimum absolute atomic E-state index is 0.0193. The van der Waals surface area contributed by atoms with Crippen LogP contribution in [-0.4, -0.2) is 26.8 Å². The minimum atomic E-state index is -4.90. The van der Waals surface area contributed by atoms with Crippen molar-refractivity contribution in [2.45, 2.75) is 31.9 Å². The van der Waals surface area contributed by atoms with E-state index in [0.29, 0.717) is 28.4 Å². The summed E-state index contributed by atoms with van der Waals surface area (Å²) < 4.78 is 40.7. The number of hydrogen-bond donors (Lipinski definition) is 2.